The lowest BCUT2D eigenvalue weighted by molar-refractivity contribution is 0.398. The summed E-state index contributed by atoms with van der Waals surface area (Å²) in [6, 6.07) is 10.2. The molecule has 0 aliphatic rings. The summed E-state index contributed by atoms with van der Waals surface area (Å²) in [7, 11) is 1.56. The molecule has 0 bridgehead atoms. The van der Waals surface area contributed by atoms with Crippen molar-refractivity contribution < 1.29 is 9.13 Å². The summed E-state index contributed by atoms with van der Waals surface area (Å²) in [5, 5.41) is 0.660. The molecule has 0 atom stereocenters. The SMILES string of the molecule is COc1nc(CBr)ccc1-c1cccc(F)c1. The van der Waals surface area contributed by atoms with Crippen molar-refractivity contribution in [1.29, 1.82) is 0 Å². The van der Waals surface area contributed by atoms with E-state index in [-0.39, 0.29) is 5.82 Å². The Hall–Kier alpha value is -1.42. The Balaban J connectivity index is 2.51. The highest BCUT2D eigenvalue weighted by molar-refractivity contribution is 9.08. The molecule has 17 heavy (non-hydrogen) atoms. The maximum atomic E-state index is 13.2. The molecule has 0 amide bonds. The third-order valence-corrected chi connectivity index (χ3v) is 2.96. The fourth-order valence-corrected chi connectivity index (χ4v) is 1.90. The van der Waals surface area contributed by atoms with Crippen molar-refractivity contribution >= 4 is 15.9 Å². The second-order valence-electron chi connectivity index (χ2n) is 3.50. The molecule has 2 rings (SSSR count). The minimum absolute atomic E-state index is 0.269. The molecular weight excluding hydrogens is 285 g/mol. The summed E-state index contributed by atoms with van der Waals surface area (Å²) in [6.07, 6.45) is 0. The highest BCUT2D eigenvalue weighted by Crippen LogP contribution is 2.29. The molecule has 0 unspecified atom stereocenters. The topological polar surface area (TPSA) is 22.1 Å². The molecule has 0 aliphatic heterocycles. The number of ether oxygens (including phenoxy) is 1. The molecule has 0 fully saturated rings. The van der Waals surface area contributed by atoms with Crippen LogP contribution in [0.1, 0.15) is 5.69 Å². The van der Waals surface area contributed by atoms with Crippen LogP contribution in [-0.4, -0.2) is 12.1 Å². The van der Waals surface area contributed by atoms with Crippen LogP contribution in [0.4, 0.5) is 4.39 Å². The first-order valence-electron chi connectivity index (χ1n) is 5.10. The van der Waals surface area contributed by atoms with Crippen molar-refractivity contribution in [3.63, 3.8) is 0 Å². The zero-order chi connectivity index (χ0) is 12.3. The van der Waals surface area contributed by atoms with E-state index < -0.39 is 0 Å². The van der Waals surface area contributed by atoms with Gasteiger partial charge in [-0.15, -0.1) is 0 Å². The van der Waals surface area contributed by atoms with E-state index in [0.29, 0.717) is 11.2 Å². The van der Waals surface area contributed by atoms with E-state index >= 15 is 0 Å². The lowest BCUT2D eigenvalue weighted by Crippen LogP contribution is -1.95. The smallest absolute Gasteiger partial charge is 0.221 e. The number of hydrogen-bond donors (Lipinski definition) is 0. The van der Waals surface area contributed by atoms with Crippen molar-refractivity contribution in [1.82, 2.24) is 4.98 Å². The first-order valence-corrected chi connectivity index (χ1v) is 6.22. The van der Waals surface area contributed by atoms with Gasteiger partial charge in [-0.2, -0.15) is 0 Å². The fraction of sp³-hybridized carbons (Fsp3) is 0.154. The van der Waals surface area contributed by atoms with E-state index in [1.807, 2.05) is 18.2 Å². The summed E-state index contributed by atoms with van der Waals surface area (Å²) >= 11 is 3.34. The minimum Gasteiger partial charge on any atom is -0.481 e. The van der Waals surface area contributed by atoms with Gasteiger partial charge in [0, 0.05) is 10.9 Å². The Morgan fingerprint density at radius 2 is 2.12 bits per heavy atom. The van der Waals surface area contributed by atoms with Gasteiger partial charge in [-0.25, -0.2) is 9.37 Å². The lowest BCUT2D eigenvalue weighted by Gasteiger charge is -2.08. The van der Waals surface area contributed by atoms with Gasteiger partial charge in [-0.1, -0.05) is 28.1 Å². The van der Waals surface area contributed by atoms with E-state index in [1.165, 1.54) is 12.1 Å². The summed E-state index contributed by atoms with van der Waals surface area (Å²) in [4.78, 5) is 4.32. The van der Waals surface area contributed by atoms with E-state index in [2.05, 4.69) is 20.9 Å². The molecule has 1 heterocycles. The predicted molar refractivity (Wildman–Crippen MR) is 68.8 cm³/mol. The number of hydrogen-bond acceptors (Lipinski definition) is 2. The standard InChI is InChI=1S/C13H11BrFNO/c1-17-13-12(6-5-11(8-14)16-13)9-3-2-4-10(15)7-9/h2-7H,8H2,1H3. The summed E-state index contributed by atoms with van der Waals surface area (Å²) in [5.74, 6) is 0.238. The molecule has 0 radical (unpaired) electrons. The Bertz CT molecular complexity index is 531. The molecule has 0 spiro atoms. The number of pyridine rings is 1. The van der Waals surface area contributed by atoms with Gasteiger partial charge < -0.3 is 4.74 Å². The number of halogens is 2. The molecule has 1 aromatic carbocycles. The molecule has 88 valence electrons. The molecule has 0 saturated carbocycles. The fourth-order valence-electron chi connectivity index (χ4n) is 1.58. The van der Waals surface area contributed by atoms with Gasteiger partial charge in [0.25, 0.3) is 0 Å². The largest absolute Gasteiger partial charge is 0.481 e. The first-order chi connectivity index (χ1) is 8.24. The number of methoxy groups -OCH3 is 1. The van der Waals surface area contributed by atoms with Gasteiger partial charge >= 0.3 is 0 Å². The quantitative estimate of drug-likeness (QED) is 0.804. The Kier molecular flexibility index (Phi) is 3.74. The van der Waals surface area contributed by atoms with E-state index in [9.17, 15) is 4.39 Å². The summed E-state index contributed by atoms with van der Waals surface area (Å²) in [5.41, 5.74) is 2.43. The van der Waals surface area contributed by atoms with Crippen LogP contribution in [0.2, 0.25) is 0 Å². The van der Waals surface area contributed by atoms with Crippen molar-refractivity contribution in [2.75, 3.05) is 7.11 Å². The lowest BCUT2D eigenvalue weighted by atomic mass is 10.1. The summed E-state index contributed by atoms with van der Waals surface area (Å²) in [6.45, 7) is 0. The van der Waals surface area contributed by atoms with E-state index in [4.69, 9.17) is 4.74 Å². The number of aromatic nitrogens is 1. The van der Waals surface area contributed by atoms with Crippen LogP contribution < -0.4 is 4.74 Å². The van der Waals surface area contributed by atoms with Crippen molar-refractivity contribution in [2.45, 2.75) is 5.33 Å². The molecule has 1 aromatic heterocycles. The second-order valence-corrected chi connectivity index (χ2v) is 4.06. The molecule has 2 aromatic rings. The zero-order valence-electron chi connectivity index (χ0n) is 9.28. The number of benzene rings is 1. The molecule has 0 N–H and O–H groups in total. The molecule has 0 aliphatic carbocycles. The van der Waals surface area contributed by atoms with Crippen LogP contribution in [-0.2, 0) is 5.33 Å². The molecule has 4 heteroatoms. The van der Waals surface area contributed by atoms with Crippen molar-refractivity contribution in [3.8, 4) is 17.0 Å². The summed E-state index contributed by atoms with van der Waals surface area (Å²) < 4.78 is 18.4. The number of rotatable bonds is 3. The van der Waals surface area contributed by atoms with Gasteiger partial charge in [-0.3, -0.25) is 0 Å². The average Bonchev–Trinajstić information content (AvgIpc) is 2.38. The number of alkyl halides is 1. The van der Waals surface area contributed by atoms with Gasteiger partial charge in [0.15, 0.2) is 0 Å². The Labute approximate surface area is 108 Å². The van der Waals surface area contributed by atoms with Crippen LogP contribution in [0.5, 0.6) is 5.88 Å². The normalized spacial score (nSPS) is 10.3. The van der Waals surface area contributed by atoms with Crippen LogP contribution in [0.3, 0.4) is 0 Å². The third kappa shape index (κ3) is 2.64. The van der Waals surface area contributed by atoms with Crippen molar-refractivity contribution in [3.05, 3.63) is 47.9 Å². The Morgan fingerprint density at radius 3 is 2.76 bits per heavy atom. The highest BCUT2D eigenvalue weighted by atomic mass is 79.9. The Morgan fingerprint density at radius 1 is 1.29 bits per heavy atom. The van der Waals surface area contributed by atoms with Crippen LogP contribution in [0, 0.1) is 5.82 Å². The molecular formula is C13H11BrFNO. The average molecular weight is 296 g/mol. The molecule has 2 nitrogen and oxygen atoms in total. The maximum Gasteiger partial charge on any atom is 0.221 e. The zero-order valence-corrected chi connectivity index (χ0v) is 10.9. The predicted octanol–water partition coefficient (Wildman–Crippen LogP) is 3.79. The second kappa shape index (κ2) is 5.27. The maximum absolute atomic E-state index is 13.2. The van der Waals surface area contributed by atoms with Gasteiger partial charge in [0.05, 0.1) is 12.8 Å². The van der Waals surface area contributed by atoms with E-state index in [1.54, 1.807) is 13.2 Å². The van der Waals surface area contributed by atoms with Crippen molar-refractivity contribution in [2.24, 2.45) is 0 Å². The van der Waals surface area contributed by atoms with Gasteiger partial charge in [-0.05, 0) is 29.8 Å². The third-order valence-electron chi connectivity index (χ3n) is 2.38. The number of nitrogens with zero attached hydrogens (tertiary/aromatic N) is 1. The first kappa shape index (κ1) is 12.0. The van der Waals surface area contributed by atoms with E-state index in [0.717, 1.165) is 16.8 Å². The highest BCUT2D eigenvalue weighted by Gasteiger charge is 2.08. The van der Waals surface area contributed by atoms with Crippen LogP contribution >= 0.6 is 15.9 Å². The monoisotopic (exact) mass is 295 g/mol. The molecule has 0 saturated heterocycles. The van der Waals surface area contributed by atoms with Crippen LogP contribution in [0.25, 0.3) is 11.1 Å². The van der Waals surface area contributed by atoms with Gasteiger partial charge in [0.2, 0.25) is 5.88 Å². The van der Waals surface area contributed by atoms with Gasteiger partial charge in [0.1, 0.15) is 5.82 Å². The minimum atomic E-state index is -0.269. The van der Waals surface area contributed by atoms with Crippen LogP contribution in [0.15, 0.2) is 36.4 Å².